The van der Waals surface area contributed by atoms with E-state index in [0.717, 1.165) is 9.13 Å². The van der Waals surface area contributed by atoms with Crippen LogP contribution in [0.3, 0.4) is 0 Å². The smallest absolute Gasteiger partial charge is 0.340 e. The first-order valence-corrected chi connectivity index (χ1v) is 7.96. The number of carbonyl (C=O) groups excluding carboxylic acids is 1. The van der Waals surface area contributed by atoms with Gasteiger partial charge in [0.2, 0.25) is 5.82 Å². The first-order chi connectivity index (χ1) is 11.7. The van der Waals surface area contributed by atoms with Gasteiger partial charge < -0.3 is 9.26 Å². The van der Waals surface area contributed by atoms with Crippen molar-refractivity contribution in [3.8, 4) is 17.1 Å². The van der Waals surface area contributed by atoms with Crippen molar-refractivity contribution in [1.29, 1.82) is 0 Å². The predicted octanol–water partition coefficient (Wildman–Crippen LogP) is 2.26. The van der Waals surface area contributed by atoms with Crippen molar-refractivity contribution in [3.05, 3.63) is 52.4 Å². The predicted molar refractivity (Wildman–Crippen MR) is 93.9 cm³/mol. The maximum Gasteiger partial charge on any atom is 0.340 e. The molecule has 0 aliphatic heterocycles. The Hall–Kier alpha value is -2.69. The van der Waals surface area contributed by atoms with Crippen molar-refractivity contribution >= 4 is 34.5 Å². The number of hydrazine groups is 1. The number of carbonyl (C=O) groups is 1. The molecule has 1 aromatic carbocycles. The second kappa shape index (κ2) is 7.73. The minimum atomic E-state index is -0.378. The van der Waals surface area contributed by atoms with Gasteiger partial charge in [-0.05, 0) is 59.0 Å². The standard InChI is InChI=1S/C15H12IN5O3/c16-11-1-3-12(4-2-11)23-9-13(22)19-20-15-18-14(21-24-15)10-5-7-17-8-6-10/h1-8H,9H2,(H,19,22)(H,18,20,21). The Balaban J connectivity index is 1.48. The number of hydrogen-bond acceptors (Lipinski definition) is 7. The monoisotopic (exact) mass is 437 g/mol. The molecule has 8 nitrogen and oxygen atoms in total. The number of aromatic nitrogens is 3. The molecule has 0 atom stereocenters. The Labute approximate surface area is 150 Å². The van der Waals surface area contributed by atoms with Gasteiger partial charge in [0.05, 0.1) is 0 Å². The van der Waals surface area contributed by atoms with E-state index >= 15 is 0 Å². The summed E-state index contributed by atoms with van der Waals surface area (Å²) < 4.78 is 11.4. The van der Waals surface area contributed by atoms with Gasteiger partial charge in [-0.3, -0.25) is 15.2 Å². The minimum absolute atomic E-state index is 0.0735. The lowest BCUT2D eigenvalue weighted by molar-refractivity contribution is -0.122. The van der Waals surface area contributed by atoms with Crippen molar-refractivity contribution in [1.82, 2.24) is 20.6 Å². The quantitative estimate of drug-likeness (QED) is 0.451. The number of hydrogen-bond donors (Lipinski definition) is 2. The molecule has 0 fully saturated rings. The summed E-state index contributed by atoms with van der Waals surface area (Å²) in [5.41, 5.74) is 5.72. The molecule has 0 aliphatic rings. The summed E-state index contributed by atoms with van der Waals surface area (Å²) in [5, 5.41) is 3.81. The van der Waals surface area contributed by atoms with Gasteiger partial charge in [-0.15, -0.1) is 0 Å². The largest absolute Gasteiger partial charge is 0.484 e. The van der Waals surface area contributed by atoms with Crippen LogP contribution in [0.4, 0.5) is 6.01 Å². The van der Waals surface area contributed by atoms with Crippen LogP contribution in [-0.2, 0) is 4.79 Å². The summed E-state index contributed by atoms with van der Waals surface area (Å²) >= 11 is 2.19. The maximum atomic E-state index is 11.7. The number of nitrogens with zero attached hydrogens (tertiary/aromatic N) is 3. The third-order valence-corrected chi connectivity index (χ3v) is 3.58. The maximum absolute atomic E-state index is 11.7. The summed E-state index contributed by atoms with van der Waals surface area (Å²) in [6, 6.07) is 11.0. The summed E-state index contributed by atoms with van der Waals surface area (Å²) in [6.45, 7) is -0.140. The van der Waals surface area contributed by atoms with Crippen molar-refractivity contribution in [2.24, 2.45) is 0 Å². The van der Waals surface area contributed by atoms with Crippen LogP contribution in [0.1, 0.15) is 0 Å². The summed E-state index contributed by atoms with van der Waals surface area (Å²) in [5.74, 6) is 0.629. The number of pyridine rings is 1. The van der Waals surface area contributed by atoms with Crippen LogP contribution in [0.2, 0.25) is 0 Å². The van der Waals surface area contributed by atoms with Gasteiger partial charge in [-0.25, -0.2) is 5.43 Å². The summed E-state index contributed by atoms with van der Waals surface area (Å²) in [4.78, 5) is 19.8. The highest BCUT2D eigenvalue weighted by atomic mass is 127. The van der Waals surface area contributed by atoms with Gasteiger partial charge in [0.1, 0.15) is 5.75 Å². The van der Waals surface area contributed by atoms with Gasteiger partial charge in [0.15, 0.2) is 6.61 Å². The molecule has 2 N–H and O–H groups in total. The summed E-state index contributed by atoms with van der Waals surface area (Å²) in [6.07, 6.45) is 3.25. The SMILES string of the molecule is O=C(COc1ccc(I)cc1)NNc1nc(-c2ccncc2)no1. The zero-order valence-electron chi connectivity index (χ0n) is 12.3. The van der Waals surface area contributed by atoms with E-state index in [2.05, 4.69) is 48.6 Å². The lowest BCUT2D eigenvalue weighted by Gasteiger charge is -2.06. The number of anilines is 1. The Morgan fingerprint density at radius 3 is 2.67 bits per heavy atom. The highest BCUT2D eigenvalue weighted by molar-refractivity contribution is 14.1. The molecule has 2 heterocycles. The van der Waals surface area contributed by atoms with E-state index in [1.807, 2.05) is 12.1 Å². The molecule has 24 heavy (non-hydrogen) atoms. The second-order valence-electron chi connectivity index (χ2n) is 4.57. The normalized spacial score (nSPS) is 10.2. The molecule has 0 radical (unpaired) electrons. The first kappa shape index (κ1) is 16.2. The number of benzene rings is 1. The number of nitrogens with one attached hydrogen (secondary N) is 2. The van der Waals surface area contributed by atoms with E-state index in [-0.39, 0.29) is 18.5 Å². The molecule has 3 aromatic rings. The minimum Gasteiger partial charge on any atom is -0.484 e. The molecular formula is C15H12IN5O3. The fourth-order valence-electron chi connectivity index (χ4n) is 1.73. The van der Waals surface area contributed by atoms with Crippen molar-refractivity contribution in [3.63, 3.8) is 0 Å². The first-order valence-electron chi connectivity index (χ1n) is 6.88. The van der Waals surface area contributed by atoms with Gasteiger partial charge in [-0.1, -0.05) is 5.16 Å². The lowest BCUT2D eigenvalue weighted by atomic mass is 10.3. The van der Waals surface area contributed by atoms with Crippen LogP contribution in [0.25, 0.3) is 11.4 Å². The molecular weight excluding hydrogens is 425 g/mol. The van der Waals surface area contributed by atoms with Crippen molar-refractivity contribution in [2.45, 2.75) is 0 Å². The molecule has 0 unspecified atom stereocenters. The molecule has 0 saturated heterocycles. The Bertz CT molecular complexity index is 807. The molecule has 3 rings (SSSR count). The number of ether oxygens (including phenoxy) is 1. The fourth-order valence-corrected chi connectivity index (χ4v) is 2.09. The van der Waals surface area contributed by atoms with E-state index in [1.165, 1.54) is 0 Å². The van der Waals surface area contributed by atoms with E-state index in [0.29, 0.717) is 11.6 Å². The van der Waals surface area contributed by atoms with Crippen molar-refractivity contribution < 1.29 is 14.1 Å². The Morgan fingerprint density at radius 2 is 1.92 bits per heavy atom. The number of rotatable bonds is 6. The molecule has 1 amide bonds. The van der Waals surface area contributed by atoms with Crippen LogP contribution < -0.4 is 15.6 Å². The van der Waals surface area contributed by atoms with E-state index in [4.69, 9.17) is 9.26 Å². The van der Waals surface area contributed by atoms with Crippen molar-refractivity contribution in [2.75, 3.05) is 12.0 Å². The molecule has 122 valence electrons. The molecule has 0 saturated carbocycles. The van der Waals surface area contributed by atoms with E-state index < -0.39 is 0 Å². The Kier molecular flexibility index (Phi) is 5.21. The van der Waals surface area contributed by atoms with Crippen LogP contribution in [0.15, 0.2) is 53.3 Å². The average molecular weight is 437 g/mol. The van der Waals surface area contributed by atoms with Gasteiger partial charge in [0.25, 0.3) is 5.91 Å². The van der Waals surface area contributed by atoms with Gasteiger partial charge >= 0.3 is 6.01 Å². The average Bonchev–Trinajstić information content (AvgIpc) is 3.09. The Morgan fingerprint density at radius 1 is 1.17 bits per heavy atom. The summed E-state index contributed by atoms with van der Waals surface area (Å²) in [7, 11) is 0. The second-order valence-corrected chi connectivity index (χ2v) is 5.82. The molecule has 9 heteroatoms. The topological polar surface area (TPSA) is 102 Å². The highest BCUT2D eigenvalue weighted by Crippen LogP contribution is 2.16. The number of halogens is 1. The van der Waals surface area contributed by atoms with Crippen LogP contribution in [0, 0.1) is 3.57 Å². The zero-order valence-corrected chi connectivity index (χ0v) is 14.4. The highest BCUT2D eigenvalue weighted by Gasteiger charge is 2.09. The molecule has 2 aromatic heterocycles. The zero-order chi connectivity index (χ0) is 16.8. The third-order valence-electron chi connectivity index (χ3n) is 2.86. The fraction of sp³-hybridized carbons (Fsp3) is 0.0667. The van der Waals surface area contributed by atoms with Crippen LogP contribution in [0.5, 0.6) is 5.75 Å². The molecule has 0 aliphatic carbocycles. The van der Waals surface area contributed by atoms with E-state index in [9.17, 15) is 4.79 Å². The lowest BCUT2D eigenvalue weighted by Crippen LogP contribution is -2.33. The molecule has 0 spiro atoms. The van der Waals surface area contributed by atoms with Gasteiger partial charge in [0, 0.05) is 21.5 Å². The third kappa shape index (κ3) is 4.41. The van der Waals surface area contributed by atoms with Gasteiger partial charge in [-0.2, -0.15) is 4.98 Å². The molecule has 0 bridgehead atoms. The number of amides is 1. The van der Waals surface area contributed by atoms with Crippen LogP contribution in [-0.4, -0.2) is 27.6 Å². The van der Waals surface area contributed by atoms with Crippen LogP contribution >= 0.6 is 22.6 Å². The van der Waals surface area contributed by atoms with E-state index in [1.54, 1.807) is 36.7 Å².